The maximum absolute atomic E-state index is 12.9. The van der Waals surface area contributed by atoms with Crippen molar-refractivity contribution in [1.82, 2.24) is 5.32 Å². The molecule has 0 saturated carbocycles. The third kappa shape index (κ3) is 6.53. The van der Waals surface area contributed by atoms with E-state index in [4.69, 9.17) is 10.5 Å². The van der Waals surface area contributed by atoms with Crippen LogP contribution in [0.5, 0.6) is 5.75 Å². The van der Waals surface area contributed by atoms with E-state index < -0.39 is 17.8 Å². The average Bonchev–Trinajstić information content (AvgIpc) is 2.43. The number of ether oxygens (including phenoxy) is 1. The predicted octanol–water partition coefficient (Wildman–Crippen LogP) is 2.75. The highest BCUT2D eigenvalue weighted by Gasteiger charge is 2.34. The molecule has 1 aromatic carbocycles. The molecule has 0 saturated heterocycles. The minimum absolute atomic E-state index is 0. The largest absolute Gasteiger partial charge is 0.488 e. The number of rotatable bonds is 7. The van der Waals surface area contributed by atoms with E-state index in [0.29, 0.717) is 6.42 Å². The molecule has 3 N–H and O–H groups in total. The molecule has 4 nitrogen and oxygen atoms in total. The number of nitrogens with one attached hydrogen (secondary N) is 1. The topological polar surface area (TPSA) is 64.4 Å². The molecule has 0 heterocycles. The minimum atomic E-state index is -4.47. The van der Waals surface area contributed by atoms with Gasteiger partial charge in [0.25, 0.3) is 0 Å². The number of nitrogens with two attached hydrogens (primary N) is 1. The van der Waals surface area contributed by atoms with Crippen LogP contribution in [0.25, 0.3) is 0 Å². The third-order valence-electron chi connectivity index (χ3n) is 2.84. The molecule has 0 aliphatic heterocycles. The Morgan fingerprint density at radius 2 is 2.00 bits per heavy atom. The van der Waals surface area contributed by atoms with Gasteiger partial charge in [0, 0.05) is 13.0 Å². The van der Waals surface area contributed by atoms with Gasteiger partial charge in [0.05, 0.1) is 12.1 Å². The number of carbonyl (C=O) groups is 1. The van der Waals surface area contributed by atoms with Crippen molar-refractivity contribution in [1.29, 1.82) is 0 Å². The number of hydrogen-bond acceptors (Lipinski definition) is 3. The van der Waals surface area contributed by atoms with E-state index in [9.17, 15) is 18.0 Å². The molecule has 1 unspecified atom stereocenters. The molecule has 0 aliphatic carbocycles. The van der Waals surface area contributed by atoms with Crippen LogP contribution in [0.15, 0.2) is 24.3 Å². The Morgan fingerprint density at radius 1 is 1.36 bits per heavy atom. The molecular formula is C14H20ClF3N2O2. The first-order chi connectivity index (χ1) is 9.88. The fourth-order valence-corrected chi connectivity index (χ4v) is 1.70. The summed E-state index contributed by atoms with van der Waals surface area (Å²) in [5.41, 5.74) is 4.42. The fraction of sp³-hybridized carbons (Fsp3) is 0.500. The highest BCUT2D eigenvalue weighted by Crippen LogP contribution is 2.36. The number of amides is 1. The zero-order valence-electron chi connectivity index (χ0n) is 12.2. The highest BCUT2D eigenvalue weighted by molar-refractivity contribution is 5.85. The number of halogens is 4. The lowest BCUT2D eigenvalue weighted by Gasteiger charge is -2.21. The van der Waals surface area contributed by atoms with Gasteiger partial charge in [-0.2, -0.15) is 13.2 Å². The summed E-state index contributed by atoms with van der Waals surface area (Å²) in [4.78, 5) is 11.3. The monoisotopic (exact) mass is 340 g/mol. The molecule has 1 amide bonds. The van der Waals surface area contributed by atoms with Crippen molar-refractivity contribution >= 4 is 18.3 Å². The first kappa shape index (κ1) is 20.5. The van der Waals surface area contributed by atoms with Crippen LogP contribution in [0, 0.1) is 0 Å². The minimum Gasteiger partial charge on any atom is -0.488 e. The van der Waals surface area contributed by atoms with E-state index in [1.807, 2.05) is 0 Å². The number of carbonyl (C=O) groups excluding carboxylic acids is 1. The summed E-state index contributed by atoms with van der Waals surface area (Å²) in [5.74, 6) is -0.478. The molecule has 8 heteroatoms. The fourth-order valence-electron chi connectivity index (χ4n) is 1.70. The van der Waals surface area contributed by atoms with Gasteiger partial charge in [-0.3, -0.25) is 4.79 Å². The second-order valence-corrected chi connectivity index (χ2v) is 4.48. The van der Waals surface area contributed by atoms with E-state index in [1.54, 1.807) is 6.92 Å². The number of benzene rings is 1. The molecule has 1 rings (SSSR count). The van der Waals surface area contributed by atoms with Crippen molar-refractivity contribution in [2.24, 2.45) is 5.73 Å². The maximum Gasteiger partial charge on any atom is 0.419 e. The normalized spacial score (nSPS) is 12.2. The van der Waals surface area contributed by atoms with Gasteiger partial charge in [-0.1, -0.05) is 19.1 Å². The van der Waals surface area contributed by atoms with Gasteiger partial charge < -0.3 is 15.8 Å². The molecular weight excluding hydrogens is 321 g/mol. The van der Waals surface area contributed by atoms with Crippen molar-refractivity contribution in [3.8, 4) is 5.75 Å². The molecule has 0 radical (unpaired) electrons. The SMILES string of the molecule is CCC(CNC(=O)CCN)Oc1ccccc1C(F)(F)F.Cl. The Morgan fingerprint density at radius 3 is 2.55 bits per heavy atom. The molecule has 1 atom stereocenters. The van der Waals surface area contributed by atoms with Crippen molar-refractivity contribution in [2.45, 2.75) is 32.0 Å². The molecule has 0 bridgehead atoms. The van der Waals surface area contributed by atoms with Gasteiger partial charge in [-0.05, 0) is 18.6 Å². The Balaban J connectivity index is 0.00000441. The average molecular weight is 341 g/mol. The summed E-state index contributed by atoms with van der Waals surface area (Å²) >= 11 is 0. The van der Waals surface area contributed by atoms with Gasteiger partial charge in [0.15, 0.2) is 0 Å². The number of alkyl halides is 3. The van der Waals surface area contributed by atoms with Crippen molar-refractivity contribution in [3.63, 3.8) is 0 Å². The van der Waals surface area contributed by atoms with Crippen molar-refractivity contribution in [3.05, 3.63) is 29.8 Å². The molecule has 0 aromatic heterocycles. The zero-order chi connectivity index (χ0) is 15.9. The zero-order valence-corrected chi connectivity index (χ0v) is 13.0. The Bertz CT molecular complexity index is 470. The molecule has 0 fully saturated rings. The molecule has 22 heavy (non-hydrogen) atoms. The Hall–Kier alpha value is -1.47. The molecule has 126 valence electrons. The third-order valence-corrected chi connectivity index (χ3v) is 2.84. The van der Waals surface area contributed by atoms with Crippen molar-refractivity contribution < 1.29 is 22.7 Å². The van der Waals surface area contributed by atoms with E-state index in [0.717, 1.165) is 6.07 Å². The number of hydrogen-bond donors (Lipinski definition) is 2. The lowest BCUT2D eigenvalue weighted by molar-refractivity contribution is -0.139. The van der Waals surface area contributed by atoms with Crippen LogP contribution in [0.3, 0.4) is 0 Å². The van der Waals surface area contributed by atoms with Gasteiger partial charge in [-0.15, -0.1) is 12.4 Å². The first-order valence-electron chi connectivity index (χ1n) is 6.68. The number of para-hydroxylation sites is 1. The Kier molecular flexibility index (Phi) is 8.89. The summed E-state index contributed by atoms with van der Waals surface area (Å²) in [6.07, 6.45) is -4.36. The van der Waals surface area contributed by atoms with Crippen LogP contribution in [-0.2, 0) is 11.0 Å². The quantitative estimate of drug-likeness (QED) is 0.802. The van der Waals surface area contributed by atoms with Crippen LogP contribution >= 0.6 is 12.4 Å². The predicted molar refractivity (Wildman–Crippen MR) is 80.1 cm³/mol. The summed E-state index contributed by atoms with van der Waals surface area (Å²) in [6, 6.07) is 5.02. The maximum atomic E-state index is 12.9. The van der Waals surface area contributed by atoms with Gasteiger partial charge >= 0.3 is 6.18 Å². The lowest BCUT2D eigenvalue weighted by atomic mass is 10.2. The first-order valence-corrected chi connectivity index (χ1v) is 6.68. The second-order valence-electron chi connectivity index (χ2n) is 4.48. The van der Waals surface area contributed by atoms with Gasteiger partial charge in [0.1, 0.15) is 11.9 Å². The summed E-state index contributed by atoms with van der Waals surface area (Å²) in [7, 11) is 0. The van der Waals surface area contributed by atoms with E-state index in [2.05, 4.69) is 5.32 Å². The molecule has 0 aliphatic rings. The van der Waals surface area contributed by atoms with E-state index in [1.165, 1.54) is 18.2 Å². The van der Waals surface area contributed by atoms with E-state index >= 15 is 0 Å². The van der Waals surface area contributed by atoms with E-state index in [-0.39, 0.29) is 43.6 Å². The summed E-state index contributed by atoms with van der Waals surface area (Å²) in [6.45, 7) is 2.14. The summed E-state index contributed by atoms with van der Waals surface area (Å²) in [5, 5.41) is 2.59. The Labute approximate surface area is 133 Å². The van der Waals surface area contributed by atoms with Crippen molar-refractivity contribution in [2.75, 3.05) is 13.1 Å². The van der Waals surface area contributed by atoms with Crippen LogP contribution in [0.2, 0.25) is 0 Å². The van der Waals surface area contributed by atoms with Gasteiger partial charge in [0.2, 0.25) is 5.91 Å². The van der Waals surface area contributed by atoms with Gasteiger partial charge in [-0.25, -0.2) is 0 Å². The standard InChI is InChI=1S/C14H19F3N2O2.ClH/c1-2-10(9-19-13(20)7-8-18)21-12-6-4-3-5-11(12)14(15,16)17;/h3-6,10H,2,7-9,18H2,1H3,(H,19,20);1H. The van der Waals surface area contributed by atoms with Crippen LogP contribution < -0.4 is 15.8 Å². The summed E-state index contributed by atoms with van der Waals surface area (Å²) < 4.78 is 43.9. The van der Waals surface area contributed by atoms with Crippen LogP contribution in [0.4, 0.5) is 13.2 Å². The molecule has 0 spiro atoms. The lowest BCUT2D eigenvalue weighted by Crippen LogP contribution is -2.36. The second kappa shape index (κ2) is 9.53. The van der Waals surface area contributed by atoms with Crippen LogP contribution in [-0.4, -0.2) is 25.1 Å². The molecule has 1 aromatic rings. The van der Waals surface area contributed by atoms with Crippen LogP contribution in [0.1, 0.15) is 25.3 Å². The smallest absolute Gasteiger partial charge is 0.419 e. The highest BCUT2D eigenvalue weighted by atomic mass is 35.5.